The van der Waals surface area contributed by atoms with Crippen molar-refractivity contribution in [2.24, 2.45) is 11.8 Å². The number of ether oxygens (including phenoxy) is 2. The molecule has 0 saturated carbocycles. The predicted molar refractivity (Wildman–Crippen MR) is 94.0 cm³/mol. The lowest BCUT2D eigenvalue weighted by atomic mass is 9.82. The van der Waals surface area contributed by atoms with E-state index < -0.39 is 30.0 Å². The number of carbonyl (C=O) groups is 2. The van der Waals surface area contributed by atoms with Gasteiger partial charge in [-0.1, -0.05) is 30.4 Å². The quantitative estimate of drug-likeness (QED) is 0.809. The number of aliphatic carboxylic acids is 1. The van der Waals surface area contributed by atoms with Crippen molar-refractivity contribution in [1.29, 1.82) is 0 Å². The lowest BCUT2D eigenvalue weighted by Gasteiger charge is -2.21. The van der Waals surface area contributed by atoms with Crippen LogP contribution >= 0.6 is 0 Å². The van der Waals surface area contributed by atoms with Crippen LogP contribution in [0.4, 0.5) is 5.69 Å². The summed E-state index contributed by atoms with van der Waals surface area (Å²) >= 11 is 0. The van der Waals surface area contributed by atoms with Crippen LogP contribution in [0.5, 0.6) is 11.5 Å². The average Bonchev–Trinajstić information content (AvgIpc) is 3.25. The predicted octanol–water partition coefficient (Wildman–Crippen LogP) is 3.07. The van der Waals surface area contributed by atoms with Gasteiger partial charge >= 0.3 is 5.97 Å². The molecule has 2 bridgehead atoms. The molecule has 2 aromatic carbocycles. The molecule has 0 aliphatic carbocycles. The zero-order valence-electron chi connectivity index (χ0n) is 13.7. The van der Waals surface area contributed by atoms with Gasteiger partial charge in [0, 0.05) is 5.69 Å². The van der Waals surface area contributed by atoms with Crippen molar-refractivity contribution >= 4 is 17.6 Å². The van der Waals surface area contributed by atoms with Gasteiger partial charge in [0.2, 0.25) is 5.91 Å². The van der Waals surface area contributed by atoms with E-state index in [9.17, 15) is 14.7 Å². The van der Waals surface area contributed by atoms with Crippen LogP contribution < -0.4 is 10.1 Å². The summed E-state index contributed by atoms with van der Waals surface area (Å²) in [6.07, 6.45) is 2.45. The molecule has 2 aromatic rings. The summed E-state index contributed by atoms with van der Waals surface area (Å²) in [5.74, 6) is -1.60. The minimum Gasteiger partial charge on any atom is -0.481 e. The normalized spacial score (nSPS) is 25.8. The van der Waals surface area contributed by atoms with Crippen LogP contribution in [-0.2, 0) is 14.3 Å². The van der Waals surface area contributed by atoms with Crippen LogP contribution in [0, 0.1) is 11.8 Å². The standard InChI is InChI=1S/C20H17NO5/c22-19(17-15-10-11-16(26-15)18(17)20(23)24)21-12-6-8-14(9-7-12)25-13-4-2-1-3-5-13/h1-11,15-18H,(H,21,22)(H,23,24)/t15-,16-,17+,18-/m1/s1. The van der Waals surface area contributed by atoms with Gasteiger partial charge in [-0.2, -0.15) is 0 Å². The molecule has 6 nitrogen and oxygen atoms in total. The van der Waals surface area contributed by atoms with E-state index in [1.54, 1.807) is 36.4 Å². The number of amides is 1. The van der Waals surface area contributed by atoms with Gasteiger partial charge in [-0.25, -0.2) is 0 Å². The Balaban J connectivity index is 1.43. The fourth-order valence-electron chi connectivity index (χ4n) is 3.37. The molecule has 1 amide bonds. The highest BCUT2D eigenvalue weighted by Gasteiger charge is 2.53. The Hall–Kier alpha value is -3.12. The van der Waals surface area contributed by atoms with Crippen molar-refractivity contribution in [3.05, 3.63) is 66.7 Å². The number of carboxylic acids is 1. The minimum atomic E-state index is -1.02. The largest absolute Gasteiger partial charge is 0.481 e. The lowest BCUT2D eigenvalue weighted by molar-refractivity contribution is -0.145. The van der Waals surface area contributed by atoms with Crippen molar-refractivity contribution in [3.63, 3.8) is 0 Å². The van der Waals surface area contributed by atoms with E-state index in [1.165, 1.54) is 0 Å². The first-order valence-corrected chi connectivity index (χ1v) is 8.32. The van der Waals surface area contributed by atoms with E-state index in [1.807, 2.05) is 30.3 Å². The number of benzene rings is 2. The summed E-state index contributed by atoms with van der Waals surface area (Å²) in [7, 11) is 0. The molecule has 0 spiro atoms. The van der Waals surface area contributed by atoms with Gasteiger partial charge in [-0.05, 0) is 36.4 Å². The molecule has 1 saturated heterocycles. The molecule has 26 heavy (non-hydrogen) atoms. The number of fused-ring (bicyclic) bond motifs is 2. The van der Waals surface area contributed by atoms with E-state index in [0.29, 0.717) is 11.4 Å². The SMILES string of the molecule is O=C(Nc1ccc(Oc2ccccc2)cc1)[C@@H]1[C@H](C(=O)O)[C@H]2C=C[C@H]1O2. The Morgan fingerprint density at radius 2 is 1.50 bits per heavy atom. The topological polar surface area (TPSA) is 84.9 Å². The molecule has 2 aliphatic heterocycles. The van der Waals surface area contributed by atoms with Gasteiger partial charge in [0.1, 0.15) is 17.4 Å². The van der Waals surface area contributed by atoms with Crippen LogP contribution in [0.2, 0.25) is 0 Å². The number of carbonyl (C=O) groups excluding carboxylic acids is 1. The maximum absolute atomic E-state index is 12.6. The smallest absolute Gasteiger partial charge is 0.310 e. The fourth-order valence-corrected chi connectivity index (χ4v) is 3.37. The second-order valence-corrected chi connectivity index (χ2v) is 6.27. The molecule has 1 fully saturated rings. The van der Waals surface area contributed by atoms with Crippen LogP contribution in [0.25, 0.3) is 0 Å². The molecular formula is C20H17NO5. The van der Waals surface area contributed by atoms with Gasteiger partial charge in [-0.3, -0.25) is 9.59 Å². The number of para-hydroxylation sites is 1. The number of hydrogen-bond donors (Lipinski definition) is 2. The Morgan fingerprint density at radius 3 is 2.15 bits per heavy atom. The molecule has 132 valence electrons. The van der Waals surface area contributed by atoms with Crippen LogP contribution in [0.3, 0.4) is 0 Å². The van der Waals surface area contributed by atoms with Crippen molar-refractivity contribution < 1.29 is 24.2 Å². The van der Waals surface area contributed by atoms with E-state index in [2.05, 4.69) is 5.32 Å². The molecule has 0 radical (unpaired) electrons. The van der Waals surface area contributed by atoms with E-state index in [0.717, 1.165) is 5.75 Å². The van der Waals surface area contributed by atoms with E-state index in [4.69, 9.17) is 9.47 Å². The first-order valence-electron chi connectivity index (χ1n) is 8.32. The lowest BCUT2D eigenvalue weighted by Crippen LogP contribution is -2.39. The first kappa shape index (κ1) is 16.4. The van der Waals surface area contributed by atoms with Gasteiger partial charge in [-0.15, -0.1) is 0 Å². The third-order valence-electron chi connectivity index (χ3n) is 4.59. The average molecular weight is 351 g/mol. The van der Waals surface area contributed by atoms with Crippen molar-refractivity contribution in [2.45, 2.75) is 12.2 Å². The molecule has 0 aromatic heterocycles. The summed E-state index contributed by atoms with van der Waals surface area (Å²) < 4.78 is 11.2. The Morgan fingerprint density at radius 1 is 0.885 bits per heavy atom. The summed E-state index contributed by atoms with van der Waals surface area (Å²) in [5.41, 5.74) is 0.575. The van der Waals surface area contributed by atoms with Gasteiger partial charge in [0.15, 0.2) is 0 Å². The summed E-state index contributed by atoms with van der Waals surface area (Å²) in [4.78, 5) is 24.0. The number of carboxylic acid groups (broad SMARTS) is 1. The summed E-state index contributed by atoms with van der Waals surface area (Å²) in [6, 6.07) is 16.3. The Kier molecular flexibility index (Phi) is 4.18. The molecule has 0 unspecified atom stereocenters. The molecule has 2 aliphatic rings. The third-order valence-corrected chi connectivity index (χ3v) is 4.59. The molecule has 2 N–H and O–H groups in total. The van der Waals surface area contributed by atoms with Crippen LogP contribution in [-0.4, -0.2) is 29.2 Å². The van der Waals surface area contributed by atoms with Gasteiger partial charge < -0.3 is 19.9 Å². The van der Waals surface area contributed by atoms with Crippen LogP contribution in [0.1, 0.15) is 0 Å². The highest BCUT2D eigenvalue weighted by atomic mass is 16.5. The maximum atomic E-state index is 12.6. The van der Waals surface area contributed by atoms with E-state index >= 15 is 0 Å². The molecule has 4 atom stereocenters. The fraction of sp³-hybridized carbons (Fsp3) is 0.200. The summed E-state index contributed by atoms with van der Waals surface area (Å²) in [6.45, 7) is 0. The minimum absolute atomic E-state index is 0.356. The van der Waals surface area contributed by atoms with Gasteiger partial charge in [0.05, 0.1) is 18.1 Å². The molecule has 4 rings (SSSR count). The monoisotopic (exact) mass is 351 g/mol. The number of rotatable bonds is 5. The van der Waals surface area contributed by atoms with E-state index in [-0.39, 0.29) is 5.91 Å². The van der Waals surface area contributed by atoms with Crippen molar-refractivity contribution in [2.75, 3.05) is 5.32 Å². The number of anilines is 1. The zero-order valence-corrected chi connectivity index (χ0v) is 13.7. The number of hydrogen-bond acceptors (Lipinski definition) is 4. The van der Waals surface area contributed by atoms with Crippen LogP contribution in [0.15, 0.2) is 66.7 Å². The number of nitrogens with one attached hydrogen (secondary N) is 1. The highest BCUT2D eigenvalue weighted by Crippen LogP contribution is 2.40. The third kappa shape index (κ3) is 3.07. The Labute approximate surface area is 150 Å². The summed E-state index contributed by atoms with van der Waals surface area (Å²) in [5, 5.41) is 12.2. The molecular weight excluding hydrogens is 334 g/mol. The second kappa shape index (κ2) is 6.65. The van der Waals surface area contributed by atoms with Crippen molar-refractivity contribution in [1.82, 2.24) is 0 Å². The molecule has 6 heteroatoms. The first-order chi connectivity index (χ1) is 12.6. The van der Waals surface area contributed by atoms with Crippen molar-refractivity contribution in [3.8, 4) is 11.5 Å². The van der Waals surface area contributed by atoms with Gasteiger partial charge in [0.25, 0.3) is 0 Å². The highest BCUT2D eigenvalue weighted by molar-refractivity contribution is 5.96. The molecule has 2 heterocycles. The Bertz CT molecular complexity index is 846. The maximum Gasteiger partial charge on any atom is 0.310 e. The zero-order chi connectivity index (χ0) is 18.1. The second-order valence-electron chi connectivity index (χ2n) is 6.27.